The lowest BCUT2D eigenvalue weighted by atomic mass is 9.87. The SMILES string of the molecule is CC(C)(C)c1ccc(N(C(=O)c2cocn2)/C(C(=O)NCCc2cccc(F)c2)=C2\C=CC=NC2=O)cc1. The molecule has 4 rings (SSSR count). The van der Waals surface area contributed by atoms with E-state index in [1.54, 1.807) is 24.3 Å². The number of rotatable bonds is 7. The molecular formula is C29H27FN4O4. The van der Waals surface area contributed by atoms with Gasteiger partial charge in [0.15, 0.2) is 12.1 Å². The molecule has 3 amide bonds. The number of allylic oxidation sites excluding steroid dienone is 1. The van der Waals surface area contributed by atoms with Crippen LogP contribution in [-0.2, 0) is 21.4 Å². The summed E-state index contributed by atoms with van der Waals surface area (Å²) >= 11 is 0. The van der Waals surface area contributed by atoms with Gasteiger partial charge in [-0.25, -0.2) is 14.4 Å². The molecule has 0 saturated carbocycles. The highest BCUT2D eigenvalue weighted by atomic mass is 19.1. The van der Waals surface area contributed by atoms with Crippen LogP contribution in [0.2, 0.25) is 0 Å². The average molecular weight is 515 g/mol. The number of halogens is 1. The maximum atomic E-state index is 13.7. The van der Waals surface area contributed by atoms with Gasteiger partial charge in [-0.15, -0.1) is 0 Å². The van der Waals surface area contributed by atoms with Gasteiger partial charge in [0.25, 0.3) is 17.7 Å². The van der Waals surface area contributed by atoms with Crippen LogP contribution in [0.15, 0.2) is 94.0 Å². The van der Waals surface area contributed by atoms with Gasteiger partial charge in [0.2, 0.25) is 0 Å². The van der Waals surface area contributed by atoms with Crippen LogP contribution in [0.4, 0.5) is 10.1 Å². The van der Waals surface area contributed by atoms with Gasteiger partial charge >= 0.3 is 0 Å². The number of hydrogen-bond donors (Lipinski definition) is 1. The van der Waals surface area contributed by atoms with Gasteiger partial charge in [-0.05, 0) is 59.4 Å². The Morgan fingerprint density at radius 2 is 1.87 bits per heavy atom. The second kappa shape index (κ2) is 11.2. The summed E-state index contributed by atoms with van der Waals surface area (Å²) < 4.78 is 18.6. The molecule has 38 heavy (non-hydrogen) atoms. The number of carbonyl (C=O) groups is 3. The first-order chi connectivity index (χ1) is 18.1. The molecule has 1 N–H and O–H groups in total. The van der Waals surface area contributed by atoms with E-state index in [2.05, 4.69) is 36.1 Å². The smallest absolute Gasteiger partial charge is 0.284 e. The Labute approximate surface area is 219 Å². The number of oxazole rings is 1. The summed E-state index contributed by atoms with van der Waals surface area (Å²) in [6.07, 6.45) is 6.87. The number of amides is 3. The largest absolute Gasteiger partial charge is 0.451 e. The van der Waals surface area contributed by atoms with Crippen LogP contribution < -0.4 is 10.2 Å². The van der Waals surface area contributed by atoms with Gasteiger partial charge in [-0.1, -0.05) is 45.0 Å². The molecule has 9 heteroatoms. The summed E-state index contributed by atoms with van der Waals surface area (Å²) in [5.41, 5.74) is 1.58. The standard InChI is InChI=1S/C29H27FN4O4/c1-29(2,3)20-9-11-22(12-10-20)34(28(37)24-17-38-18-33-24)25(23-8-5-14-31-26(23)35)27(36)32-15-13-19-6-4-7-21(30)16-19/h4-12,14,16-18H,13,15H2,1-3H3,(H,32,36)/b25-23+. The van der Waals surface area contributed by atoms with Crippen molar-refractivity contribution in [3.05, 3.63) is 107 Å². The molecule has 1 aliphatic heterocycles. The van der Waals surface area contributed by atoms with Crippen LogP contribution in [0.5, 0.6) is 0 Å². The highest BCUT2D eigenvalue weighted by Gasteiger charge is 2.33. The maximum absolute atomic E-state index is 13.7. The number of benzene rings is 2. The van der Waals surface area contributed by atoms with E-state index in [4.69, 9.17) is 4.42 Å². The second-order valence-electron chi connectivity index (χ2n) is 9.65. The zero-order valence-electron chi connectivity index (χ0n) is 21.3. The summed E-state index contributed by atoms with van der Waals surface area (Å²) in [5, 5.41) is 2.76. The van der Waals surface area contributed by atoms with E-state index in [1.165, 1.54) is 36.8 Å². The van der Waals surface area contributed by atoms with E-state index >= 15 is 0 Å². The summed E-state index contributed by atoms with van der Waals surface area (Å²) in [7, 11) is 0. The molecule has 2 heterocycles. The molecule has 1 aliphatic rings. The van der Waals surface area contributed by atoms with Crippen molar-refractivity contribution in [3.63, 3.8) is 0 Å². The fourth-order valence-corrected chi connectivity index (χ4v) is 3.90. The van der Waals surface area contributed by atoms with Crippen LogP contribution in [0.3, 0.4) is 0 Å². The van der Waals surface area contributed by atoms with Crippen molar-refractivity contribution in [2.75, 3.05) is 11.4 Å². The summed E-state index contributed by atoms with van der Waals surface area (Å²) in [4.78, 5) is 49.0. The van der Waals surface area contributed by atoms with E-state index in [-0.39, 0.29) is 34.7 Å². The first-order valence-corrected chi connectivity index (χ1v) is 12.0. The van der Waals surface area contributed by atoms with E-state index in [1.807, 2.05) is 12.1 Å². The number of nitrogens with zero attached hydrogens (tertiary/aromatic N) is 3. The molecule has 0 radical (unpaired) electrons. The van der Waals surface area contributed by atoms with Gasteiger partial charge in [0.05, 0.1) is 5.57 Å². The van der Waals surface area contributed by atoms with E-state index in [9.17, 15) is 18.8 Å². The Balaban J connectivity index is 1.76. The second-order valence-corrected chi connectivity index (χ2v) is 9.65. The Kier molecular flexibility index (Phi) is 7.76. The van der Waals surface area contributed by atoms with Gasteiger partial charge in [0, 0.05) is 18.4 Å². The first-order valence-electron chi connectivity index (χ1n) is 12.0. The van der Waals surface area contributed by atoms with E-state index < -0.39 is 17.7 Å². The maximum Gasteiger partial charge on any atom is 0.284 e. The Morgan fingerprint density at radius 1 is 1.11 bits per heavy atom. The van der Waals surface area contributed by atoms with Crippen LogP contribution in [0, 0.1) is 5.82 Å². The predicted molar refractivity (Wildman–Crippen MR) is 141 cm³/mol. The fourth-order valence-electron chi connectivity index (χ4n) is 3.90. The lowest BCUT2D eigenvalue weighted by Gasteiger charge is -2.27. The van der Waals surface area contributed by atoms with Crippen molar-refractivity contribution in [2.45, 2.75) is 32.6 Å². The summed E-state index contributed by atoms with van der Waals surface area (Å²) in [6.45, 7) is 6.31. The lowest BCUT2D eigenvalue weighted by Crippen LogP contribution is -2.41. The molecule has 194 valence electrons. The molecule has 0 aliphatic carbocycles. The van der Waals surface area contributed by atoms with Crippen LogP contribution in [-0.4, -0.2) is 35.5 Å². The minimum Gasteiger partial charge on any atom is -0.451 e. The quantitative estimate of drug-likeness (QED) is 0.466. The number of hydrogen-bond acceptors (Lipinski definition) is 5. The van der Waals surface area contributed by atoms with E-state index in [0.717, 1.165) is 16.9 Å². The number of anilines is 1. The minimum absolute atomic E-state index is 0.0497. The zero-order valence-corrected chi connectivity index (χ0v) is 21.3. The Hall–Kier alpha value is -4.66. The highest BCUT2D eigenvalue weighted by molar-refractivity contribution is 6.19. The first kappa shape index (κ1) is 26.4. The van der Waals surface area contributed by atoms with Crippen molar-refractivity contribution in [2.24, 2.45) is 4.99 Å². The fraction of sp³-hybridized carbons (Fsp3) is 0.207. The molecule has 0 spiro atoms. The molecular weight excluding hydrogens is 487 g/mol. The third kappa shape index (κ3) is 6.00. The lowest BCUT2D eigenvalue weighted by molar-refractivity contribution is -0.118. The van der Waals surface area contributed by atoms with Gasteiger partial charge in [0.1, 0.15) is 17.8 Å². The molecule has 0 unspecified atom stereocenters. The Morgan fingerprint density at radius 3 is 2.50 bits per heavy atom. The number of aliphatic imine (C=N–C) groups is 1. The topological polar surface area (TPSA) is 105 Å². The number of dihydropyridines is 1. The van der Waals surface area contributed by atoms with Crippen molar-refractivity contribution in [3.8, 4) is 0 Å². The molecule has 0 saturated heterocycles. The van der Waals surface area contributed by atoms with Gasteiger partial charge in [-0.2, -0.15) is 0 Å². The minimum atomic E-state index is -0.678. The zero-order chi connectivity index (χ0) is 27.3. The van der Waals surface area contributed by atoms with Crippen LogP contribution >= 0.6 is 0 Å². The third-order valence-electron chi connectivity index (χ3n) is 5.90. The van der Waals surface area contributed by atoms with Crippen molar-refractivity contribution in [1.82, 2.24) is 10.3 Å². The van der Waals surface area contributed by atoms with Gasteiger partial charge in [-0.3, -0.25) is 19.3 Å². The van der Waals surface area contributed by atoms with Crippen molar-refractivity contribution < 1.29 is 23.2 Å². The normalized spacial score (nSPS) is 14.4. The average Bonchev–Trinajstić information content (AvgIpc) is 3.42. The summed E-state index contributed by atoms with van der Waals surface area (Å²) in [6, 6.07) is 13.2. The highest BCUT2D eigenvalue weighted by Crippen LogP contribution is 2.29. The van der Waals surface area contributed by atoms with Gasteiger partial charge < -0.3 is 9.73 Å². The summed E-state index contributed by atoms with van der Waals surface area (Å²) in [5.74, 6) is -2.40. The monoisotopic (exact) mass is 514 g/mol. The molecule has 2 aromatic carbocycles. The number of nitrogens with one attached hydrogen (secondary N) is 1. The predicted octanol–water partition coefficient (Wildman–Crippen LogP) is 4.54. The number of carbonyl (C=O) groups excluding carboxylic acids is 3. The molecule has 3 aromatic rings. The molecule has 1 aromatic heterocycles. The molecule has 0 fully saturated rings. The van der Waals surface area contributed by atoms with Crippen LogP contribution in [0.1, 0.15) is 42.4 Å². The van der Waals surface area contributed by atoms with Crippen molar-refractivity contribution >= 4 is 29.6 Å². The molecule has 0 bridgehead atoms. The van der Waals surface area contributed by atoms with E-state index in [0.29, 0.717) is 17.7 Å². The van der Waals surface area contributed by atoms with Crippen molar-refractivity contribution in [1.29, 1.82) is 0 Å². The molecule has 8 nitrogen and oxygen atoms in total. The number of aromatic nitrogens is 1. The molecule has 0 atom stereocenters. The Bertz CT molecular complexity index is 1430. The van der Waals surface area contributed by atoms with Crippen LogP contribution in [0.25, 0.3) is 0 Å². The third-order valence-corrected chi connectivity index (χ3v) is 5.90.